The Morgan fingerprint density at radius 1 is 0.667 bits per heavy atom. The molecule has 0 aliphatic heterocycles. The first-order valence-electron chi connectivity index (χ1n) is 9.41. The number of carbonyl (C=O) groups is 2. The fourth-order valence-corrected chi connectivity index (χ4v) is 2.59. The fourth-order valence-electron chi connectivity index (χ4n) is 2.59. The van der Waals surface area contributed by atoms with Gasteiger partial charge in [0.15, 0.2) is 0 Å². The highest BCUT2D eigenvalue weighted by molar-refractivity contribution is 5.96. The molecule has 0 bridgehead atoms. The highest BCUT2D eigenvalue weighted by Crippen LogP contribution is 2.04. The summed E-state index contributed by atoms with van der Waals surface area (Å²) in [7, 11) is 0. The Morgan fingerprint density at radius 3 is 1.47 bits per heavy atom. The summed E-state index contributed by atoms with van der Waals surface area (Å²) in [5.41, 5.74) is 9.85. The molecule has 3 aromatic carbocycles. The van der Waals surface area contributed by atoms with Gasteiger partial charge in [-0.25, -0.2) is 10.9 Å². The summed E-state index contributed by atoms with van der Waals surface area (Å²) in [4.78, 5) is 24.1. The number of amides is 2. The van der Waals surface area contributed by atoms with E-state index in [1.807, 2.05) is 62.4 Å². The topological polar surface area (TPSA) is 82.9 Å². The molecule has 150 valence electrons. The van der Waals surface area contributed by atoms with Gasteiger partial charge < -0.3 is 0 Å². The summed E-state index contributed by atoms with van der Waals surface area (Å²) >= 11 is 0. The number of aryl methyl sites for hydroxylation is 2. The van der Waals surface area contributed by atoms with Crippen LogP contribution in [-0.4, -0.2) is 24.2 Å². The zero-order valence-electron chi connectivity index (χ0n) is 16.8. The minimum Gasteiger partial charge on any atom is -0.267 e. The SMILES string of the molecule is Cc1ccc(C(=O)N/N=C\c2cccc(/C=N\NC(=O)c3ccc(C)cc3)c2)cc1. The molecule has 3 aromatic rings. The first-order chi connectivity index (χ1) is 14.5. The van der Waals surface area contributed by atoms with Crippen LogP contribution >= 0.6 is 0 Å². The molecule has 0 aliphatic carbocycles. The largest absolute Gasteiger partial charge is 0.271 e. The van der Waals surface area contributed by atoms with Gasteiger partial charge in [0, 0.05) is 11.1 Å². The summed E-state index contributed by atoms with van der Waals surface area (Å²) in [6.07, 6.45) is 3.10. The summed E-state index contributed by atoms with van der Waals surface area (Å²) in [6, 6.07) is 21.9. The number of rotatable bonds is 6. The molecular formula is C24H22N4O2. The van der Waals surface area contributed by atoms with Gasteiger partial charge in [-0.1, -0.05) is 53.6 Å². The minimum absolute atomic E-state index is 0.275. The van der Waals surface area contributed by atoms with E-state index in [9.17, 15) is 9.59 Å². The molecule has 0 unspecified atom stereocenters. The number of hydrogen-bond acceptors (Lipinski definition) is 4. The minimum atomic E-state index is -0.275. The second-order valence-electron chi connectivity index (χ2n) is 6.80. The second-order valence-corrected chi connectivity index (χ2v) is 6.80. The highest BCUT2D eigenvalue weighted by atomic mass is 16.2. The van der Waals surface area contributed by atoms with E-state index in [-0.39, 0.29) is 11.8 Å². The Kier molecular flexibility index (Phi) is 6.84. The molecule has 6 heteroatoms. The molecule has 2 N–H and O–H groups in total. The van der Waals surface area contributed by atoms with Crippen molar-refractivity contribution in [3.63, 3.8) is 0 Å². The van der Waals surface area contributed by atoms with E-state index < -0.39 is 0 Å². The molecule has 6 nitrogen and oxygen atoms in total. The molecule has 30 heavy (non-hydrogen) atoms. The maximum absolute atomic E-state index is 12.1. The Balaban J connectivity index is 1.56. The Hall–Kier alpha value is -4.06. The van der Waals surface area contributed by atoms with Crippen molar-refractivity contribution in [2.45, 2.75) is 13.8 Å². The third-order valence-electron chi connectivity index (χ3n) is 4.30. The summed E-state index contributed by atoms with van der Waals surface area (Å²) in [5, 5.41) is 8.00. The summed E-state index contributed by atoms with van der Waals surface area (Å²) < 4.78 is 0. The lowest BCUT2D eigenvalue weighted by Crippen LogP contribution is -2.17. The molecule has 0 heterocycles. The Bertz CT molecular complexity index is 1000. The van der Waals surface area contributed by atoms with Gasteiger partial charge in [-0.15, -0.1) is 0 Å². The van der Waals surface area contributed by atoms with Crippen molar-refractivity contribution in [2.24, 2.45) is 10.2 Å². The van der Waals surface area contributed by atoms with Crippen LogP contribution in [0.15, 0.2) is 83.0 Å². The van der Waals surface area contributed by atoms with E-state index in [0.29, 0.717) is 11.1 Å². The summed E-state index contributed by atoms with van der Waals surface area (Å²) in [6.45, 7) is 3.92. The second kappa shape index (κ2) is 9.93. The molecule has 0 aliphatic rings. The van der Waals surface area contributed by atoms with Crippen molar-refractivity contribution >= 4 is 24.2 Å². The summed E-state index contributed by atoms with van der Waals surface area (Å²) in [5.74, 6) is -0.550. The third kappa shape index (κ3) is 5.97. The Labute approximate surface area is 175 Å². The van der Waals surface area contributed by atoms with E-state index in [1.165, 1.54) is 0 Å². The quantitative estimate of drug-likeness (QED) is 0.489. The van der Waals surface area contributed by atoms with E-state index in [1.54, 1.807) is 36.7 Å². The lowest BCUT2D eigenvalue weighted by atomic mass is 10.1. The van der Waals surface area contributed by atoms with Gasteiger partial charge in [0.1, 0.15) is 0 Å². The molecule has 0 fully saturated rings. The lowest BCUT2D eigenvalue weighted by Gasteiger charge is -2.01. The van der Waals surface area contributed by atoms with Gasteiger partial charge in [-0.3, -0.25) is 9.59 Å². The lowest BCUT2D eigenvalue weighted by molar-refractivity contribution is 0.0947. The van der Waals surface area contributed by atoms with Gasteiger partial charge in [-0.2, -0.15) is 10.2 Å². The highest BCUT2D eigenvalue weighted by Gasteiger charge is 2.03. The Morgan fingerprint density at radius 2 is 1.07 bits per heavy atom. The zero-order chi connectivity index (χ0) is 21.3. The number of hydrazone groups is 2. The van der Waals surface area contributed by atoms with Crippen LogP contribution in [0.2, 0.25) is 0 Å². The van der Waals surface area contributed by atoms with Crippen molar-refractivity contribution in [1.82, 2.24) is 10.9 Å². The number of benzene rings is 3. The van der Waals surface area contributed by atoms with Gasteiger partial charge in [0.2, 0.25) is 0 Å². The van der Waals surface area contributed by atoms with E-state index >= 15 is 0 Å². The maximum atomic E-state index is 12.1. The predicted molar refractivity (Wildman–Crippen MR) is 119 cm³/mol. The average Bonchev–Trinajstić information content (AvgIpc) is 2.75. The van der Waals surface area contributed by atoms with Crippen molar-refractivity contribution in [3.8, 4) is 0 Å². The molecule has 0 atom stereocenters. The van der Waals surface area contributed by atoms with Crippen LogP contribution < -0.4 is 10.9 Å². The van der Waals surface area contributed by atoms with Crippen LogP contribution in [0.4, 0.5) is 0 Å². The van der Waals surface area contributed by atoms with Gasteiger partial charge in [0.25, 0.3) is 11.8 Å². The predicted octanol–water partition coefficient (Wildman–Crippen LogP) is 3.83. The maximum Gasteiger partial charge on any atom is 0.271 e. The average molecular weight is 398 g/mol. The van der Waals surface area contributed by atoms with E-state index in [2.05, 4.69) is 21.1 Å². The first-order valence-corrected chi connectivity index (χ1v) is 9.41. The molecule has 0 spiro atoms. The van der Waals surface area contributed by atoms with Crippen LogP contribution in [0.1, 0.15) is 43.0 Å². The van der Waals surface area contributed by atoms with Crippen molar-refractivity contribution < 1.29 is 9.59 Å². The number of nitrogens with one attached hydrogen (secondary N) is 2. The van der Waals surface area contributed by atoms with Crippen molar-refractivity contribution in [3.05, 3.63) is 106 Å². The van der Waals surface area contributed by atoms with Gasteiger partial charge in [0.05, 0.1) is 12.4 Å². The van der Waals surface area contributed by atoms with E-state index in [0.717, 1.165) is 22.3 Å². The van der Waals surface area contributed by atoms with Gasteiger partial charge >= 0.3 is 0 Å². The van der Waals surface area contributed by atoms with Gasteiger partial charge in [-0.05, 0) is 55.3 Å². The standard InChI is InChI=1S/C24H22N4O2/c1-17-6-10-21(11-7-17)23(29)27-25-15-19-4-3-5-20(14-19)16-26-28-24(30)22-12-8-18(2)9-13-22/h3-16H,1-2H3,(H,27,29)(H,28,30)/b25-15-,26-16-. The molecular weight excluding hydrogens is 376 g/mol. The van der Waals surface area contributed by atoms with Crippen LogP contribution in [0, 0.1) is 13.8 Å². The zero-order valence-corrected chi connectivity index (χ0v) is 16.8. The normalized spacial score (nSPS) is 11.0. The smallest absolute Gasteiger partial charge is 0.267 e. The molecule has 0 saturated heterocycles. The molecule has 2 amide bonds. The molecule has 0 aromatic heterocycles. The van der Waals surface area contributed by atoms with Crippen molar-refractivity contribution in [1.29, 1.82) is 0 Å². The van der Waals surface area contributed by atoms with E-state index in [4.69, 9.17) is 0 Å². The third-order valence-corrected chi connectivity index (χ3v) is 4.30. The first kappa shape index (κ1) is 20.7. The van der Waals surface area contributed by atoms with Crippen LogP contribution in [0.5, 0.6) is 0 Å². The molecule has 3 rings (SSSR count). The van der Waals surface area contributed by atoms with Crippen LogP contribution in [-0.2, 0) is 0 Å². The fraction of sp³-hybridized carbons (Fsp3) is 0.0833. The number of carbonyl (C=O) groups excluding carboxylic acids is 2. The van der Waals surface area contributed by atoms with Crippen molar-refractivity contribution in [2.75, 3.05) is 0 Å². The number of hydrogen-bond donors (Lipinski definition) is 2. The molecule has 0 saturated carbocycles. The van der Waals surface area contributed by atoms with Crippen LogP contribution in [0.3, 0.4) is 0 Å². The monoisotopic (exact) mass is 398 g/mol. The molecule has 0 radical (unpaired) electrons. The van der Waals surface area contributed by atoms with Crippen LogP contribution in [0.25, 0.3) is 0 Å². The number of nitrogens with zero attached hydrogens (tertiary/aromatic N) is 2.